The molecule has 0 aliphatic carbocycles. The van der Waals surface area contributed by atoms with Crippen molar-refractivity contribution in [3.63, 3.8) is 0 Å². The molecule has 0 atom stereocenters. The van der Waals surface area contributed by atoms with E-state index in [0.29, 0.717) is 0 Å². The van der Waals surface area contributed by atoms with E-state index >= 15 is 0 Å². The molecule has 2 aliphatic heterocycles. The number of piperidine rings is 1. The lowest BCUT2D eigenvalue weighted by Gasteiger charge is -2.38. The molecule has 0 aromatic carbocycles. The van der Waals surface area contributed by atoms with Gasteiger partial charge in [-0.25, -0.2) is 0 Å². The zero-order valence-electron chi connectivity index (χ0n) is 7.89. The van der Waals surface area contributed by atoms with Crippen LogP contribution in [0.15, 0.2) is 0 Å². The van der Waals surface area contributed by atoms with Crippen LogP contribution in [0.1, 0.15) is 32.1 Å². The van der Waals surface area contributed by atoms with Crippen LogP contribution < -0.4 is 5.40 Å². The Labute approximate surface area is 76.3 Å². The van der Waals surface area contributed by atoms with Crippen molar-refractivity contribution < 1.29 is 0 Å². The second-order valence-corrected chi connectivity index (χ2v) is 8.20. The van der Waals surface area contributed by atoms with Crippen LogP contribution >= 0.6 is 0 Å². The monoisotopic (exact) mass is 184 g/mol. The summed E-state index contributed by atoms with van der Waals surface area (Å²) < 4.78 is 2.67. The van der Waals surface area contributed by atoms with E-state index in [1.54, 1.807) is 0 Å². The first-order chi connectivity index (χ1) is 5.81. The third kappa shape index (κ3) is 1.58. The lowest BCUT2D eigenvalue weighted by Crippen LogP contribution is -2.60. The quantitative estimate of drug-likeness (QED) is 0.628. The van der Waals surface area contributed by atoms with Crippen LogP contribution in [0.25, 0.3) is 0 Å². The summed E-state index contributed by atoms with van der Waals surface area (Å²) in [5.74, 6) is 0. The molecule has 70 valence electrons. The SMILES string of the molecule is N[Si]1(N2CCCCC2)CCCC1. The molecule has 12 heavy (non-hydrogen) atoms. The molecule has 0 aromatic rings. The Kier molecular flexibility index (Phi) is 2.53. The van der Waals surface area contributed by atoms with Crippen molar-refractivity contribution in [2.75, 3.05) is 13.1 Å². The van der Waals surface area contributed by atoms with Crippen LogP contribution in [0.5, 0.6) is 0 Å². The summed E-state index contributed by atoms with van der Waals surface area (Å²) in [5, 5.41) is 6.50. The fourth-order valence-electron chi connectivity index (χ4n) is 2.64. The maximum absolute atomic E-state index is 6.50. The van der Waals surface area contributed by atoms with E-state index in [9.17, 15) is 0 Å². The second-order valence-electron chi connectivity index (χ2n) is 4.36. The number of rotatable bonds is 1. The molecule has 2 fully saturated rings. The van der Waals surface area contributed by atoms with Gasteiger partial charge in [0, 0.05) is 0 Å². The smallest absolute Gasteiger partial charge is 0.201 e. The predicted octanol–water partition coefficient (Wildman–Crippen LogP) is 1.67. The van der Waals surface area contributed by atoms with E-state index in [0.717, 1.165) is 0 Å². The van der Waals surface area contributed by atoms with Gasteiger partial charge in [-0.15, -0.1) is 0 Å². The summed E-state index contributed by atoms with van der Waals surface area (Å²) in [6.07, 6.45) is 7.03. The zero-order chi connectivity index (χ0) is 8.44. The zero-order valence-corrected chi connectivity index (χ0v) is 8.89. The number of nitrogens with two attached hydrogens (primary N) is 1. The maximum atomic E-state index is 6.50. The molecule has 2 N–H and O–H groups in total. The van der Waals surface area contributed by atoms with Crippen molar-refractivity contribution in [3.8, 4) is 0 Å². The Bertz CT molecular complexity index is 149. The van der Waals surface area contributed by atoms with Gasteiger partial charge in [0.25, 0.3) is 0 Å². The Morgan fingerprint density at radius 3 is 2.00 bits per heavy atom. The molecule has 0 saturated carbocycles. The number of hydrogen-bond acceptors (Lipinski definition) is 2. The maximum Gasteiger partial charge on any atom is 0.201 e. The first-order valence-electron chi connectivity index (χ1n) is 5.35. The fraction of sp³-hybridized carbons (Fsp3) is 1.00. The molecule has 2 heterocycles. The topological polar surface area (TPSA) is 29.3 Å². The van der Waals surface area contributed by atoms with Gasteiger partial charge in [-0.05, 0) is 38.0 Å². The standard InChI is InChI=1S/C9H20N2Si/c10-12(8-4-5-9-12)11-6-2-1-3-7-11/h1-10H2. The average molecular weight is 184 g/mol. The molecule has 2 rings (SSSR count). The molecule has 0 amide bonds. The van der Waals surface area contributed by atoms with E-state index in [1.807, 2.05) is 0 Å². The lowest BCUT2D eigenvalue weighted by atomic mass is 10.2. The molecule has 0 aromatic heterocycles. The van der Waals surface area contributed by atoms with Crippen molar-refractivity contribution in [1.29, 1.82) is 0 Å². The van der Waals surface area contributed by atoms with Crippen molar-refractivity contribution in [3.05, 3.63) is 0 Å². The van der Waals surface area contributed by atoms with E-state index in [4.69, 9.17) is 5.40 Å². The molecule has 0 unspecified atom stereocenters. The Hall–Kier alpha value is 0.137. The minimum Gasteiger partial charge on any atom is -0.339 e. The normalized spacial score (nSPS) is 30.8. The Morgan fingerprint density at radius 1 is 0.833 bits per heavy atom. The van der Waals surface area contributed by atoms with Crippen molar-refractivity contribution in [2.24, 2.45) is 5.40 Å². The summed E-state index contributed by atoms with van der Waals surface area (Å²) in [4.78, 5) is 0. The van der Waals surface area contributed by atoms with Gasteiger partial charge in [-0.1, -0.05) is 19.3 Å². The van der Waals surface area contributed by atoms with Crippen LogP contribution in [0.3, 0.4) is 0 Å². The highest BCUT2D eigenvalue weighted by Crippen LogP contribution is 2.30. The molecule has 0 spiro atoms. The average Bonchev–Trinajstić information content (AvgIpc) is 2.55. The highest BCUT2D eigenvalue weighted by atomic mass is 28.3. The van der Waals surface area contributed by atoms with Gasteiger partial charge < -0.3 is 9.96 Å². The summed E-state index contributed by atoms with van der Waals surface area (Å²) in [6, 6.07) is 2.74. The minimum absolute atomic E-state index is 1.31. The van der Waals surface area contributed by atoms with E-state index in [1.165, 1.54) is 57.3 Å². The van der Waals surface area contributed by atoms with Crippen LogP contribution in [-0.4, -0.2) is 26.1 Å². The minimum atomic E-state index is -1.35. The summed E-state index contributed by atoms with van der Waals surface area (Å²) in [5.41, 5.74) is 0. The molecule has 0 bridgehead atoms. The molecular formula is C9H20N2Si. The highest BCUT2D eigenvalue weighted by Gasteiger charge is 2.39. The predicted molar refractivity (Wildman–Crippen MR) is 54.2 cm³/mol. The summed E-state index contributed by atoms with van der Waals surface area (Å²) >= 11 is 0. The van der Waals surface area contributed by atoms with Gasteiger partial charge in [0.05, 0.1) is 0 Å². The van der Waals surface area contributed by atoms with Gasteiger partial charge in [0.2, 0.25) is 8.40 Å². The lowest BCUT2D eigenvalue weighted by molar-refractivity contribution is 0.340. The second kappa shape index (κ2) is 3.48. The number of hydrogen-bond donors (Lipinski definition) is 1. The van der Waals surface area contributed by atoms with E-state index in [2.05, 4.69) is 4.57 Å². The van der Waals surface area contributed by atoms with Crippen molar-refractivity contribution in [1.82, 2.24) is 4.57 Å². The van der Waals surface area contributed by atoms with E-state index in [-0.39, 0.29) is 0 Å². The van der Waals surface area contributed by atoms with Crippen LogP contribution in [-0.2, 0) is 0 Å². The van der Waals surface area contributed by atoms with Crippen molar-refractivity contribution in [2.45, 2.75) is 44.2 Å². The molecule has 0 radical (unpaired) electrons. The first kappa shape index (κ1) is 8.72. The van der Waals surface area contributed by atoms with Gasteiger partial charge in [0.15, 0.2) is 0 Å². The first-order valence-corrected chi connectivity index (χ1v) is 7.79. The Morgan fingerprint density at radius 2 is 1.42 bits per heavy atom. The molecule has 2 saturated heterocycles. The molecular weight excluding hydrogens is 164 g/mol. The fourth-order valence-corrected chi connectivity index (χ4v) is 6.46. The van der Waals surface area contributed by atoms with Crippen molar-refractivity contribution >= 4 is 8.40 Å². The van der Waals surface area contributed by atoms with Gasteiger partial charge in [-0.2, -0.15) is 0 Å². The Balaban J connectivity index is 1.96. The van der Waals surface area contributed by atoms with Gasteiger partial charge in [0.1, 0.15) is 0 Å². The summed E-state index contributed by atoms with van der Waals surface area (Å²) in [6.45, 7) is 2.62. The molecule has 2 nitrogen and oxygen atoms in total. The van der Waals surface area contributed by atoms with E-state index < -0.39 is 8.40 Å². The van der Waals surface area contributed by atoms with Crippen LogP contribution in [0.4, 0.5) is 0 Å². The highest BCUT2D eigenvalue weighted by molar-refractivity contribution is 6.74. The van der Waals surface area contributed by atoms with Crippen LogP contribution in [0, 0.1) is 0 Å². The summed E-state index contributed by atoms with van der Waals surface area (Å²) in [7, 11) is -1.35. The van der Waals surface area contributed by atoms with Gasteiger partial charge in [-0.3, -0.25) is 0 Å². The molecule has 3 heteroatoms. The van der Waals surface area contributed by atoms with Crippen LogP contribution in [0.2, 0.25) is 12.1 Å². The third-order valence-electron chi connectivity index (χ3n) is 3.46. The third-order valence-corrected chi connectivity index (χ3v) is 7.60. The number of nitrogens with zero attached hydrogens (tertiary/aromatic N) is 1. The molecule has 2 aliphatic rings. The van der Waals surface area contributed by atoms with Gasteiger partial charge >= 0.3 is 0 Å². The largest absolute Gasteiger partial charge is 0.339 e.